The third-order valence-electron chi connectivity index (χ3n) is 2.15. The lowest BCUT2D eigenvalue weighted by atomic mass is 10.3. The highest BCUT2D eigenvalue weighted by Gasteiger charge is 2.33. The monoisotopic (exact) mass is 184 g/mol. The lowest BCUT2D eigenvalue weighted by Gasteiger charge is -1.94. The Kier molecular flexibility index (Phi) is 2.86. The van der Waals surface area contributed by atoms with Crippen molar-refractivity contribution in [3.8, 4) is 0 Å². The molecule has 2 fully saturated rings. The van der Waals surface area contributed by atoms with Crippen LogP contribution in [0.3, 0.4) is 0 Å². The highest BCUT2D eigenvalue weighted by molar-refractivity contribution is 5.13. The van der Waals surface area contributed by atoms with E-state index >= 15 is 0 Å². The van der Waals surface area contributed by atoms with Gasteiger partial charge in [0.25, 0.3) is 0 Å². The van der Waals surface area contributed by atoms with E-state index in [4.69, 9.17) is 14.2 Å². The molecule has 3 heteroatoms. The minimum atomic E-state index is 0.241. The predicted molar refractivity (Wildman–Crippen MR) is 48.4 cm³/mol. The zero-order chi connectivity index (χ0) is 9.10. The number of unbranched alkanes of at least 4 members (excludes halogenated alkanes) is 1. The Labute approximate surface area is 78.7 Å². The van der Waals surface area contributed by atoms with Crippen molar-refractivity contribution in [2.45, 2.75) is 32.0 Å². The van der Waals surface area contributed by atoms with Gasteiger partial charge in [0.1, 0.15) is 11.9 Å². The highest BCUT2D eigenvalue weighted by atomic mass is 16.6. The third-order valence-corrected chi connectivity index (χ3v) is 2.15. The van der Waals surface area contributed by atoms with Crippen LogP contribution in [0.15, 0.2) is 11.8 Å². The fourth-order valence-electron chi connectivity index (χ4n) is 1.18. The lowest BCUT2D eigenvalue weighted by Crippen LogP contribution is -2.06. The first kappa shape index (κ1) is 9.03. The molecule has 0 aliphatic carbocycles. The summed E-state index contributed by atoms with van der Waals surface area (Å²) < 4.78 is 15.7. The molecule has 0 N–H and O–H groups in total. The van der Waals surface area contributed by atoms with E-state index in [0.29, 0.717) is 12.7 Å². The van der Waals surface area contributed by atoms with E-state index in [2.05, 4.69) is 13.0 Å². The van der Waals surface area contributed by atoms with Gasteiger partial charge in [0.2, 0.25) is 0 Å². The SMILES string of the molecule is CCC/C=C1\OC1COCC1CO1. The molecule has 0 aromatic rings. The zero-order valence-electron chi connectivity index (χ0n) is 7.99. The van der Waals surface area contributed by atoms with Crippen LogP contribution in [-0.2, 0) is 14.2 Å². The number of hydrogen-bond donors (Lipinski definition) is 0. The molecular formula is C10H16O3. The number of hydrogen-bond acceptors (Lipinski definition) is 3. The first-order valence-corrected chi connectivity index (χ1v) is 4.96. The summed E-state index contributed by atoms with van der Waals surface area (Å²) in [5, 5.41) is 0. The predicted octanol–water partition coefficient (Wildman–Crippen LogP) is 1.48. The van der Waals surface area contributed by atoms with Gasteiger partial charge in [-0.2, -0.15) is 0 Å². The Balaban J connectivity index is 1.52. The molecule has 2 heterocycles. The molecule has 0 radical (unpaired) electrons. The van der Waals surface area contributed by atoms with Gasteiger partial charge < -0.3 is 14.2 Å². The van der Waals surface area contributed by atoms with E-state index in [-0.39, 0.29) is 6.10 Å². The van der Waals surface area contributed by atoms with Crippen molar-refractivity contribution in [3.05, 3.63) is 11.8 Å². The number of allylic oxidation sites excluding steroid dienone is 1. The van der Waals surface area contributed by atoms with Gasteiger partial charge in [0, 0.05) is 0 Å². The molecule has 2 saturated heterocycles. The third kappa shape index (κ3) is 3.01. The van der Waals surface area contributed by atoms with Crippen molar-refractivity contribution < 1.29 is 14.2 Å². The molecule has 0 saturated carbocycles. The summed E-state index contributed by atoms with van der Waals surface area (Å²) in [6, 6.07) is 0. The minimum Gasteiger partial charge on any atom is -0.481 e. The maximum absolute atomic E-state index is 5.40. The van der Waals surface area contributed by atoms with Crippen LogP contribution >= 0.6 is 0 Å². The Morgan fingerprint density at radius 3 is 3.08 bits per heavy atom. The molecule has 2 aliphatic heterocycles. The minimum absolute atomic E-state index is 0.241. The van der Waals surface area contributed by atoms with Gasteiger partial charge in [-0.1, -0.05) is 13.3 Å². The Bertz CT molecular complexity index is 196. The first-order chi connectivity index (χ1) is 6.40. The van der Waals surface area contributed by atoms with Crippen molar-refractivity contribution in [2.75, 3.05) is 19.8 Å². The van der Waals surface area contributed by atoms with E-state index < -0.39 is 0 Å². The van der Waals surface area contributed by atoms with E-state index in [1.807, 2.05) is 0 Å². The largest absolute Gasteiger partial charge is 0.481 e. The van der Waals surface area contributed by atoms with E-state index in [0.717, 1.165) is 25.4 Å². The van der Waals surface area contributed by atoms with Gasteiger partial charge in [0.15, 0.2) is 6.10 Å². The van der Waals surface area contributed by atoms with E-state index in [9.17, 15) is 0 Å². The molecule has 74 valence electrons. The van der Waals surface area contributed by atoms with Crippen molar-refractivity contribution in [2.24, 2.45) is 0 Å². The molecule has 3 nitrogen and oxygen atoms in total. The van der Waals surface area contributed by atoms with Gasteiger partial charge in [0.05, 0.1) is 19.8 Å². The number of epoxide rings is 2. The smallest absolute Gasteiger partial charge is 0.178 e. The second-order valence-corrected chi connectivity index (χ2v) is 3.49. The van der Waals surface area contributed by atoms with Crippen molar-refractivity contribution in [3.63, 3.8) is 0 Å². The summed E-state index contributed by atoms with van der Waals surface area (Å²) in [6.45, 7) is 4.44. The van der Waals surface area contributed by atoms with E-state index in [1.54, 1.807) is 0 Å². The second-order valence-electron chi connectivity index (χ2n) is 3.49. The van der Waals surface area contributed by atoms with Gasteiger partial charge in [-0.25, -0.2) is 0 Å². The zero-order valence-corrected chi connectivity index (χ0v) is 7.99. The number of ether oxygens (including phenoxy) is 3. The lowest BCUT2D eigenvalue weighted by molar-refractivity contribution is 0.102. The van der Waals surface area contributed by atoms with Gasteiger partial charge in [-0.3, -0.25) is 0 Å². The molecule has 2 unspecified atom stereocenters. The summed E-state index contributed by atoms with van der Waals surface area (Å²) in [7, 11) is 0. The second kappa shape index (κ2) is 4.11. The van der Waals surface area contributed by atoms with Crippen LogP contribution in [0.4, 0.5) is 0 Å². The number of rotatable bonds is 6. The molecule has 0 bridgehead atoms. The van der Waals surface area contributed by atoms with Crippen LogP contribution in [0.25, 0.3) is 0 Å². The summed E-state index contributed by atoms with van der Waals surface area (Å²) in [5.74, 6) is 1.11. The normalized spacial score (nSPS) is 33.2. The Morgan fingerprint density at radius 2 is 2.38 bits per heavy atom. The standard InChI is InChI=1S/C10H16O3/c1-2-3-4-9-10(13-9)7-11-5-8-6-12-8/h4,8,10H,2-3,5-7H2,1H3/b9-4-. The quantitative estimate of drug-likeness (QED) is 0.586. The molecule has 0 amide bonds. The van der Waals surface area contributed by atoms with Crippen LogP contribution in [0.5, 0.6) is 0 Å². The Morgan fingerprint density at radius 1 is 1.54 bits per heavy atom. The van der Waals surface area contributed by atoms with E-state index in [1.165, 1.54) is 6.42 Å². The molecule has 13 heavy (non-hydrogen) atoms. The summed E-state index contributed by atoms with van der Waals surface area (Å²) >= 11 is 0. The van der Waals surface area contributed by atoms with Crippen molar-refractivity contribution >= 4 is 0 Å². The molecule has 0 aromatic carbocycles. The molecule has 0 aromatic heterocycles. The van der Waals surface area contributed by atoms with Crippen molar-refractivity contribution in [1.82, 2.24) is 0 Å². The molecule has 2 atom stereocenters. The maximum Gasteiger partial charge on any atom is 0.178 e. The van der Waals surface area contributed by atoms with Gasteiger partial charge >= 0.3 is 0 Å². The van der Waals surface area contributed by atoms with Crippen LogP contribution in [0, 0.1) is 0 Å². The summed E-state index contributed by atoms with van der Waals surface area (Å²) in [4.78, 5) is 0. The average Bonchev–Trinajstić information content (AvgIpc) is 2.97. The van der Waals surface area contributed by atoms with Crippen molar-refractivity contribution in [1.29, 1.82) is 0 Å². The van der Waals surface area contributed by atoms with Crippen LogP contribution in [0.1, 0.15) is 19.8 Å². The van der Waals surface area contributed by atoms with Crippen LogP contribution in [0.2, 0.25) is 0 Å². The fraction of sp³-hybridized carbons (Fsp3) is 0.800. The summed E-state index contributed by atoms with van der Waals surface area (Å²) in [5.41, 5.74) is 0. The summed E-state index contributed by atoms with van der Waals surface area (Å²) in [6.07, 6.45) is 5.04. The first-order valence-electron chi connectivity index (χ1n) is 4.96. The van der Waals surface area contributed by atoms with Gasteiger partial charge in [-0.05, 0) is 12.5 Å². The fourth-order valence-corrected chi connectivity index (χ4v) is 1.18. The topological polar surface area (TPSA) is 34.3 Å². The van der Waals surface area contributed by atoms with Crippen LogP contribution in [-0.4, -0.2) is 32.0 Å². The highest BCUT2D eigenvalue weighted by Crippen LogP contribution is 2.28. The average molecular weight is 184 g/mol. The molecule has 2 rings (SSSR count). The molecule has 2 aliphatic rings. The molecule has 0 spiro atoms. The van der Waals surface area contributed by atoms with Crippen LogP contribution < -0.4 is 0 Å². The Hall–Kier alpha value is -0.540. The maximum atomic E-state index is 5.40. The molecular weight excluding hydrogens is 168 g/mol. The van der Waals surface area contributed by atoms with Gasteiger partial charge in [-0.15, -0.1) is 0 Å².